The van der Waals surface area contributed by atoms with Crippen LogP contribution in [0.4, 0.5) is 13.6 Å². The third-order valence-corrected chi connectivity index (χ3v) is 1.81. The predicted octanol–water partition coefficient (Wildman–Crippen LogP) is 0.593. The highest BCUT2D eigenvalue weighted by atomic mass is 19.3. The van der Waals surface area contributed by atoms with E-state index in [0.29, 0.717) is 6.54 Å². The number of hydrogen-bond acceptors (Lipinski definition) is 2. The van der Waals surface area contributed by atoms with E-state index < -0.39 is 12.0 Å². The summed E-state index contributed by atoms with van der Waals surface area (Å²) in [6, 6.07) is -0.311. The number of carbonyl (C=O) groups is 1. The molecule has 1 saturated heterocycles. The monoisotopic (exact) mass is 194 g/mol. The van der Waals surface area contributed by atoms with E-state index in [9.17, 15) is 13.6 Å². The summed E-state index contributed by atoms with van der Waals surface area (Å²) in [4.78, 5) is 11.7. The number of carboxylic acid groups (broad SMARTS) is 1. The van der Waals surface area contributed by atoms with Gasteiger partial charge in [-0.15, -0.1) is 0 Å². The fraction of sp³-hybridized carbons (Fsp3) is 0.857. The Balaban J connectivity index is 2.16. The van der Waals surface area contributed by atoms with Gasteiger partial charge in [-0.25, -0.2) is 13.6 Å². The number of nitrogens with zero attached hydrogens (tertiary/aromatic N) is 1. The highest BCUT2D eigenvalue weighted by molar-refractivity contribution is 5.64. The van der Waals surface area contributed by atoms with Crippen LogP contribution in [0.3, 0.4) is 0 Å². The number of rotatable bonds is 3. The Kier molecular flexibility index (Phi) is 2.70. The standard InChI is InChI=1S/C7H12F2N2O2/c1-5(10-6(12)13)2-11-3-7(8,9)4-11/h5,10H,2-4H2,1H3,(H,12,13). The topological polar surface area (TPSA) is 52.6 Å². The maximum atomic E-state index is 12.3. The number of hydrogen-bond donors (Lipinski definition) is 2. The molecule has 0 radical (unpaired) electrons. The zero-order valence-electron chi connectivity index (χ0n) is 7.26. The van der Waals surface area contributed by atoms with Crippen molar-refractivity contribution in [1.82, 2.24) is 10.2 Å². The summed E-state index contributed by atoms with van der Waals surface area (Å²) in [5.41, 5.74) is 0. The van der Waals surface area contributed by atoms with Gasteiger partial charge in [0, 0.05) is 12.6 Å². The van der Waals surface area contributed by atoms with E-state index in [0.717, 1.165) is 0 Å². The molecule has 0 aliphatic carbocycles. The molecule has 1 unspecified atom stereocenters. The number of likely N-dealkylation sites (tertiary alicyclic amines) is 1. The van der Waals surface area contributed by atoms with Crippen LogP contribution in [0.15, 0.2) is 0 Å². The van der Waals surface area contributed by atoms with E-state index >= 15 is 0 Å². The average Bonchev–Trinajstić information content (AvgIpc) is 1.79. The number of nitrogens with one attached hydrogen (secondary N) is 1. The summed E-state index contributed by atoms with van der Waals surface area (Å²) in [6.07, 6.45) is -1.13. The van der Waals surface area contributed by atoms with Gasteiger partial charge in [0.15, 0.2) is 0 Å². The van der Waals surface area contributed by atoms with Crippen LogP contribution in [-0.4, -0.2) is 47.7 Å². The fourth-order valence-electron chi connectivity index (χ4n) is 1.38. The van der Waals surface area contributed by atoms with Crippen molar-refractivity contribution in [3.05, 3.63) is 0 Å². The summed E-state index contributed by atoms with van der Waals surface area (Å²) in [5, 5.41) is 10.5. The molecule has 0 aromatic carbocycles. The third kappa shape index (κ3) is 3.14. The van der Waals surface area contributed by atoms with Gasteiger partial charge < -0.3 is 10.4 Å². The molecule has 1 aliphatic rings. The quantitative estimate of drug-likeness (QED) is 0.691. The van der Waals surface area contributed by atoms with E-state index in [2.05, 4.69) is 5.32 Å². The van der Waals surface area contributed by atoms with Gasteiger partial charge in [0.25, 0.3) is 5.92 Å². The maximum Gasteiger partial charge on any atom is 0.404 e. The zero-order valence-corrected chi connectivity index (χ0v) is 7.26. The fourth-order valence-corrected chi connectivity index (χ4v) is 1.38. The lowest BCUT2D eigenvalue weighted by atomic mass is 10.1. The van der Waals surface area contributed by atoms with Crippen LogP contribution >= 0.6 is 0 Å². The Morgan fingerprint density at radius 2 is 2.23 bits per heavy atom. The van der Waals surface area contributed by atoms with E-state index in [-0.39, 0.29) is 19.1 Å². The Morgan fingerprint density at radius 3 is 2.62 bits per heavy atom. The second-order valence-corrected chi connectivity index (χ2v) is 3.38. The minimum Gasteiger partial charge on any atom is -0.465 e. The highest BCUT2D eigenvalue weighted by Gasteiger charge is 2.43. The van der Waals surface area contributed by atoms with E-state index in [4.69, 9.17) is 5.11 Å². The van der Waals surface area contributed by atoms with Crippen molar-refractivity contribution < 1.29 is 18.7 Å². The lowest BCUT2D eigenvalue weighted by Crippen LogP contribution is -2.59. The lowest BCUT2D eigenvalue weighted by Gasteiger charge is -2.39. The molecule has 13 heavy (non-hydrogen) atoms. The minimum absolute atomic E-state index is 0.265. The Bertz CT molecular complexity index is 203. The molecule has 1 amide bonds. The van der Waals surface area contributed by atoms with Gasteiger partial charge in [0.1, 0.15) is 0 Å². The van der Waals surface area contributed by atoms with Crippen LogP contribution < -0.4 is 5.32 Å². The SMILES string of the molecule is CC(CN1CC(F)(F)C1)NC(=O)O. The molecule has 0 aromatic heterocycles. The normalized spacial score (nSPS) is 23.3. The van der Waals surface area contributed by atoms with Gasteiger partial charge in [-0.1, -0.05) is 0 Å². The molecular weight excluding hydrogens is 182 g/mol. The van der Waals surface area contributed by atoms with E-state index in [1.54, 1.807) is 6.92 Å². The molecule has 1 aliphatic heterocycles. The second kappa shape index (κ2) is 3.45. The molecule has 4 nitrogen and oxygen atoms in total. The van der Waals surface area contributed by atoms with Gasteiger partial charge in [-0.3, -0.25) is 4.90 Å². The Labute approximate surface area is 74.5 Å². The molecule has 1 fully saturated rings. The first-order valence-corrected chi connectivity index (χ1v) is 3.99. The van der Waals surface area contributed by atoms with Crippen LogP contribution in [-0.2, 0) is 0 Å². The summed E-state index contributed by atoms with van der Waals surface area (Å²) >= 11 is 0. The van der Waals surface area contributed by atoms with Crippen LogP contribution in [0.2, 0.25) is 0 Å². The zero-order chi connectivity index (χ0) is 10.1. The van der Waals surface area contributed by atoms with Crippen molar-refractivity contribution in [3.63, 3.8) is 0 Å². The van der Waals surface area contributed by atoms with Crippen LogP contribution in [0, 0.1) is 0 Å². The Hall–Kier alpha value is -0.910. The average molecular weight is 194 g/mol. The maximum absolute atomic E-state index is 12.3. The van der Waals surface area contributed by atoms with Gasteiger partial charge in [0.2, 0.25) is 0 Å². The molecule has 0 saturated carbocycles. The summed E-state index contributed by atoms with van der Waals surface area (Å²) < 4.78 is 24.6. The van der Waals surface area contributed by atoms with E-state index in [1.807, 2.05) is 0 Å². The van der Waals surface area contributed by atoms with Gasteiger partial charge in [0.05, 0.1) is 13.1 Å². The highest BCUT2D eigenvalue weighted by Crippen LogP contribution is 2.26. The molecule has 0 bridgehead atoms. The molecule has 1 rings (SSSR count). The lowest BCUT2D eigenvalue weighted by molar-refractivity contribution is -0.131. The summed E-state index contributed by atoms with van der Waals surface area (Å²) in [7, 11) is 0. The van der Waals surface area contributed by atoms with E-state index in [1.165, 1.54) is 4.90 Å². The first-order valence-electron chi connectivity index (χ1n) is 3.99. The van der Waals surface area contributed by atoms with Crippen molar-refractivity contribution in [2.75, 3.05) is 19.6 Å². The number of alkyl halides is 2. The summed E-state index contributed by atoms with van der Waals surface area (Å²) in [5.74, 6) is -2.58. The molecule has 6 heteroatoms. The molecule has 1 heterocycles. The predicted molar refractivity (Wildman–Crippen MR) is 42.0 cm³/mol. The van der Waals surface area contributed by atoms with Gasteiger partial charge in [-0.2, -0.15) is 0 Å². The van der Waals surface area contributed by atoms with Gasteiger partial charge >= 0.3 is 6.09 Å². The molecule has 0 aromatic rings. The van der Waals surface area contributed by atoms with Crippen LogP contribution in [0.1, 0.15) is 6.92 Å². The van der Waals surface area contributed by atoms with Crippen molar-refractivity contribution in [1.29, 1.82) is 0 Å². The smallest absolute Gasteiger partial charge is 0.404 e. The van der Waals surface area contributed by atoms with Crippen molar-refractivity contribution >= 4 is 6.09 Å². The third-order valence-electron chi connectivity index (χ3n) is 1.81. The van der Waals surface area contributed by atoms with Crippen molar-refractivity contribution in [2.24, 2.45) is 0 Å². The molecular formula is C7H12F2N2O2. The first kappa shape index (κ1) is 10.2. The van der Waals surface area contributed by atoms with Crippen LogP contribution in [0.25, 0.3) is 0 Å². The van der Waals surface area contributed by atoms with Crippen LogP contribution in [0.5, 0.6) is 0 Å². The molecule has 0 spiro atoms. The van der Waals surface area contributed by atoms with Gasteiger partial charge in [-0.05, 0) is 6.92 Å². The summed E-state index contributed by atoms with van der Waals surface area (Å²) in [6.45, 7) is 1.45. The first-order chi connectivity index (χ1) is 5.89. The van der Waals surface area contributed by atoms with Crippen molar-refractivity contribution in [2.45, 2.75) is 18.9 Å². The second-order valence-electron chi connectivity index (χ2n) is 3.38. The van der Waals surface area contributed by atoms with Crippen molar-refractivity contribution in [3.8, 4) is 0 Å². The number of halogens is 2. The number of amides is 1. The molecule has 1 atom stereocenters. The molecule has 2 N–H and O–H groups in total. The minimum atomic E-state index is -2.58. The Morgan fingerprint density at radius 1 is 1.69 bits per heavy atom. The molecule has 76 valence electrons. The largest absolute Gasteiger partial charge is 0.465 e.